The van der Waals surface area contributed by atoms with E-state index in [4.69, 9.17) is 15.7 Å². The molecule has 0 fully saturated rings. The second-order valence-corrected chi connectivity index (χ2v) is 3.96. The topological polar surface area (TPSA) is 124 Å². The molecule has 0 spiro atoms. The maximum atomic E-state index is 10.8. The van der Waals surface area contributed by atoms with Crippen molar-refractivity contribution >= 4 is 11.5 Å². The van der Waals surface area contributed by atoms with E-state index in [0.29, 0.717) is 6.61 Å². The molecule has 1 rings (SSSR count). The Morgan fingerprint density at radius 3 is 2.83 bits per heavy atom. The largest absolute Gasteiger partial charge is 0.477 e. The van der Waals surface area contributed by atoms with Crippen LogP contribution >= 0.6 is 0 Å². The SMILES string of the molecule is CC(C)COc1ccc([N+](=O)[O-])c(/C(N)=N/O)n1. The Kier molecular flexibility index (Phi) is 4.41. The molecular formula is C10H14N4O4. The molecule has 1 aromatic rings. The number of pyridine rings is 1. The molecule has 0 radical (unpaired) electrons. The third-order valence-corrected chi connectivity index (χ3v) is 1.96. The van der Waals surface area contributed by atoms with Gasteiger partial charge in [0.15, 0.2) is 11.5 Å². The number of nitro groups is 1. The quantitative estimate of drug-likeness (QED) is 0.267. The molecule has 0 saturated heterocycles. The minimum Gasteiger partial charge on any atom is -0.477 e. The van der Waals surface area contributed by atoms with Gasteiger partial charge in [-0.25, -0.2) is 4.98 Å². The molecule has 0 aliphatic carbocycles. The Balaban J connectivity index is 3.09. The second kappa shape index (κ2) is 5.80. The van der Waals surface area contributed by atoms with Crippen LogP contribution in [0.3, 0.4) is 0 Å². The summed E-state index contributed by atoms with van der Waals surface area (Å²) in [7, 11) is 0. The summed E-state index contributed by atoms with van der Waals surface area (Å²) in [6.45, 7) is 4.33. The van der Waals surface area contributed by atoms with Crippen molar-refractivity contribution in [3.63, 3.8) is 0 Å². The first-order chi connectivity index (χ1) is 8.45. The van der Waals surface area contributed by atoms with Gasteiger partial charge in [-0.05, 0) is 5.92 Å². The average Bonchev–Trinajstić information content (AvgIpc) is 2.34. The number of aromatic nitrogens is 1. The van der Waals surface area contributed by atoms with Gasteiger partial charge in [-0.3, -0.25) is 10.1 Å². The van der Waals surface area contributed by atoms with Crippen LogP contribution in [0, 0.1) is 16.0 Å². The van der Waals surface area contributed by atoms with E-state index in [1.54, 1.807) is 0 Å². The summed E-state index contributed by atoms with van der Waals surface area (Å²) in [4.78, 5) is 13.9. The fourth-order valence-corrected chi connectivity index (χ4v) is 1.15. The van der Waals surface area contributed by atoms with Crippen molar-refractivity contribution in [3.05, 3.63) is 27.9 Å². The van der Waals surface area contributed by atoms with Crippen LogP contribution in [0.4, 0.5) is 5.69 Å². The molecule has 0 aliphatic rings. The highest BCUT2D eigenvalue weighted by molar-refractivity contribution is 5.98. The van der Waals surface area contributed by atoms with Crippen molar-refractivity contribution in [1.82, 2.24) is 4.98 Å². The normalized spacial score (nSPS) is 11.6. The van der Waals surface area contributed by atoms with Crippen molar-refractivity contribution < 1.29 is 14.9 Å². The molecular weight excluding hydrogens is 240 g/mol. The zero-order chi connectivity index (χ0) is 13.7. The molecule has 0 aromatic carbocycles. The Morgan fingerprint density at radius 1 is 1.67 bits per heavy atom. The van der Waals surface area contributed by atoms with Crippen molar-refractivity contribution in [2.24, 2.45) is 16.8 Å². The maximum Gasteiger partial charge on any atom is 0.299 e. The number of amidine groups is 1. The van der Waals surface area contributed by atoms with E-state index >= 15 is 0 Å². The molecule has 1 heterocycles. The summed E-state index contributed by atoms with van der Waals surface area (Å²) in [6.07, 6.45) is 0. The highest BCUT2D eigenvalue weighted by atomic mass is 16.6. The Bertz CT molecular complexity index is 473. The molecule has 0 aliphatic heterocycles. The lowest BCUT2D eigenvalue weighted by Gasteiger charge is -2.08. The lowest BCUT2D eigenvalue weighted by molar-refractivity contribution is -0.385. The molecule has 0 atom stereocenters. The van der Waals surface area contributed by atoms with E-state index in [1.807, 2.05) is 13.8 Å². The first-order valence-electron chi connectivity index (χ1n) is 5.21. The van der Waals surface area contributed by atoms with Crippen molar-refractivity contribution in [3.8, 4) is 5.88 Å². The predicted molar refractivity (Wildman–Crippen MR) is 63.7 cm³/mol. The smallest absolute Gasteiger partial charge is 0.299 e. The maximum absolute atomic E-state index is 10.8. The summed E-state index contributed by atoms with van der Waals surface area (Å²) in [5.41, 5.74) is 4.77. The minimum atomic E-state index is -0.660. The van der Waals surface area contributed by atoms with Crippen LogP contribution in [0.25, 0.3) is 0 Å². The summed E-state index contributed by atoms with van der Waals surface area (Å²) >= 11 is 0. The monoisotopic (exact) mass is 254 g/mol. The van der Waals surface area contributed by atoms with Crippen LogP contribution < -0.4 is 10.5 Å². The molecule has 1 aromatic heterocycles. The standard InChI is InChI=1S/C10H14N4O4/c1-6(2)5-18-8-4-3-7(14(16)17)9(12-8)10(11)13-15/h3-4,6,15H,5H2,1-2H3,(H2,11,13). The van der Waals surface area contributed by atoms with E-state index in [0.717, 1.165) is 0 Å². The number of oxime groups is 1. The molecule has 18 heavy (non-hydrogen) atoms. The fourth-order valence-electron chi connectivity index (χ4n) is 1.15. The fraction of sp³-hybridized carbons (Fsp3) is 0.400. The lowest BCUT2D eigenvalue weighted by atomic mass is 10.2. The van der Waals surface area contributed by atoms with Crippen LogP contribution in [-0.2, 0) is 0 Å². The number of hydrogen-bond acceptors (Lipinski definition) is 6. The molecule has 3 N–H and O–H groups in total. The van der Waals surface area contributed by atoms with Gasteiger partial charge in [0, 0.05) is 12.1 Å². The van der Waals surface area contributed by atoms with Gasteiger partial charge in [0.2, 0.25) is 5.88 Å². The summed E-state index contributed by atoms with van der Waals surface area (Å²) in [5, 5.41) is 22.0. The summed E-state index contributed by atoms with van der Waals surface area (Å²) < 4.78 is 5.31. The number of nitrogens with two attached hydrogens (primary N) is 1. The Morgan fingerprint density at radius 2 is 2.33 bits per heavy atom. The highest BCUT2D eigenvalue weighted by Gasteiger charge is 2.20. The molecule has 0 amide bonds. The lowest BCUT2D eigenvalue weighted by Crippen LogP contribution is -2.18. The van der Waals surface area contributed by atoms with Gasteiger partial charge in [-0.15, -0.1) is 0 Å². The second-order valence-electron chi connectivity index (χ2n) is 3.96. The van der Waals surface area contributed by atoms with Crippen molar-refractivity contribution in [2.45, 2.75) is 13.8 Å². The van der Waals surface area contributed by atoms with E-state index in [9.17, 15) is 10.1 Å². The van der Waals surface area contributed by atoms with Gasteiger partial charge in [0.25, 0.3) is 5.69 Å². The van der Waals surface area contributed by atoms with E-state index in [1.165, 1.54) is 12.1 Å². The van der Waals surface area contributed by atoms with Crippen LogP contribution in [0.2, 0.25) is 0 Å². The van der Waals surface area contributed by atoms with E-state index < -0.39 is 10.8 Å². The predicted octanol–water partition coefficient (Wildman–Crippen LogP) is 1.12. The van der Waals surface area contributed by atoms with E-state index in [2.05, 4.69) is 10.1 Å². The van der Waals surface area contributed by atoms with Crippen LogP contribution in [0.1, 0.15) is 19.5 Å². The molecule has 0 bridgehead atoms. The first kappa shape index (κ1) is 13.7. The number of hydrogen-bond donors (Lipinski definition) is 2. The van der Waals surface area contributed by atoms with Crippen LogP contribution in [0.15, 0.2) is 17.3 Å². The number of ether oxygens (including phenoxy) is 1. The van der Waals surface area contributed by atoms with Gasteiger partial charge in [0.05, 0.1) is 11.5 Å². The molecule has 8 heteroatoms. The zero-order valence-electron chi connectivity index (χ0n) is 10.0. The molecule has 8 nitrogen and oxygen atoms in total. The van der Waals surface area contributed by atoms with Gasteiger partial charge >= 0.3 is 0 Å². The molecule has 98 valence electrons. The van der Waals surface area contributed by atoms with Gasteiger partial charge in [-0.1, -0.05) is 19.0 Å². The Hall–Kier alpha value is -2.38. The zero-order valence-corrected chi connectivity index (χ0v) is 10.0. The molecule has 0 saturated carbocycles. The third kappa shape index (κ3) is 3.30. The van der Waals surface area contributed by atoms with E-state index in [-0.39, 0.29) is 23.2 Å². The van der Waals surface area contributed by atoms with Crippen molar-refractivity contribution in [1.29, 1.82) is 0 Å². The van der Waals surface area contributed by atoms with Crippen LogP contribution in [0.5, 0.6) is 5.88 Å². The highest BCUT2D eigenvalue weighted by Crippen LogP contribution is 2.20. The summed E-state index contributed by atoms with van der Waals surface area (Å²) in [6, 6.07) is 2.57. The van der Waals surface area contributed by atoms with Gasteiger partial charge < -0.3 is 15.7 Å². The molecule has 0 unspecified atom stereocenters. The average molecular weight is 254 g/mol. The number of nitrogens with zero attached hydrogens (tertiary/aromatic N) is 3. The third-order valence-electron chi connectivity index (χ3n) is 1.96. The van der Waals surface area contributed by atoms with Gasteiger partial charge in [-0.2, -0.15) is 0 Å². The first-order valence-corrected chi connectivity index (χ1v) is 5.21. The Labute approximate surface area is 103 Å². The number of rotatable bonds is 5. The van der Waals surface area contributed by atoms with Gasteiger partial charge in [0.1, 0.15) is 0 Å². The van der Waals surface area contributed by atoms with Crippen molar-refractivity contribution in [2.75, 3.05) is 6.61 Å². The minimum absolute atomic E-state index is 0.191. The van der Waals surface area contributed by atoms with Crippen LogP contribution in [-0.4, -0.2) is 27.6 Å². The summed E-state index contributed by atoms with van der Waals surface area (Å²) in [5.74, 6) is 0.0434.